The molecule has 4 aromatic rings. The summed E-state index contributed by atoms with van der Waals surface area (Å²) in [6.07, 6.45) is 0.485. The number of carboxylic acid groups (broad SMARTS) is 1. The molecule has 6 aliphatic heterocycles. The Balaban J connectivity index is 0.803. The van der Waals surface area contributed by atoms with Crippen molar-refractivity contribution in [2.75, 3.05) is 157 Å². The number of hydrogen-bond donors (Lipinski definition) is 2. The molecule has 2 N–H and O–H groups in total. The van der Waals surface area contributed by atoms with Crippen LogP contribution in [0.2, 0.25) is 10.0 Å². The van der Waals surface area contributed by atoms with E-state index in [4.69, 9.17) is 65.7 Å². The molecule has 2 unspecified atom stereocenters. The van der Waals surface area contributed by atoms with Crippen molar-refractivity contribution in [1.82, 2.24) is 44.1 Å². The van der Waals surface area contributed by atoms with Gasteiger partial charge in [0.05, 0.1) is 70.1 Å². The second-order valence-corrected chi connectivity index (χ2v) is 28.5. The van der Waals surface area contributed by atoms with Gasteiger partial charge in [0.25, 0.3) is 5.91 Å². The molecule has 92 heavy (non-hydrogen) atoms. The molecule has 1 aromatic heterocycles. The van der Waals surface area contributed by atoms with E-state index in [9.17, 15) is 38.4 Å². The Kier molecular flexibility index (Phi) is 23.4. The van der Waals surface area contributed by atoms with Gasteiger partial charge in [0.15, 0.2) is 5.69 Å². The maximum atomic E-state index is 14.5. The quantitative estimate of drug-likeness (QED) is 0.120. The van der Waals surface area contributed by atoms with Crippen molar-refractivity contribution in [2.45, 2.75) is 64.1 Å². The molecule has 30 heteroatoms. The Morgan fingerprint density at radius 3 is 2.00 bits per heavy atom. The number of nitrogens with one attached hydrogen (secondary N) is 1. The summed E-state index contributed by atoms with van der Waals surface area (Å²) < 4.78 is 47.4. The molecule has 5 saturated heterocycles. The Bertz CT molecular complexity index is 3330. The number of hydrogen-bond acceptors (Lipinski definition) is 21. The average Bonchev–Trinajstić information content (AvgIpc) is 1.54. The van der Waals surface area contributed by atoms with Crippen molar-refractivity contribution in [3.8, 4) is 39.6 Å². The fourth-order valence-electron chi connectivity index (χ4n) is 12.1. The van der Waals surface area contributed by atoms with Gasteiger partial charge < -0.3 is 43.9 Å². The smallest absolute Gasteiger partial charge is 0.488 e. The number of morpholine rings is 1. The predicted molar refractivity (Wildman–Crippen MR) is 334 cm³/mol. The van der Waals surface area contributed by atoms with Crippen molar-refractivity contribution in [3.05, 3.63) is 75.9 Å². The first kappa shape index (κ1) is 68.3. The zero-order chi connectivity index (χ0) is 65.1. The van der Waals surface area contributed by atoms with E-state index < -0.39 is 58.1 Å². The summed E-state index contributed by atoms with van der Waals surface area (Å²) in [6.45, 7) is 9.78. The van der Waals surface area contributed by atoms with Crippen molar-refractivity contribution in [2.24, 2.45) is 0 Å². The number of anilines is 1. The van der Waals surface area contributed by atoms with Crippen LogP contribution in [0.15, 0.2) is 54.6 Å². The number of nitrogens with zero attached hydrogens (tertiary/aromatic N) is 9. The van der Waals surface area contributed by atoms with Crippen LogP contribution in [0.3, 0.4) is 0 Å². The second kappa shape index (κ2) is 31.6. The third-order valence-corrected chi connectivity index (χ3v) is 21.4. The summed E-state index contributed by atoms with van der Waals surface area (Å²) in [5.74, 6) is -2.97. The van der Waals surface area contributed by atoms with Crippen LogP contribution < -0.4 is 14.8 Å². The van der Waals surface area contributed by atoms with Gasteiger partial charge in [0.2, 0.25) is 11.8 Å². The maximum absolute atomic E-state index is 14.5. The summed E-state index contributed by atoms with van der Waals surface area (Å²) in [7, 11) is 1.55. The fourth-order valence-corrected chi connectivity index (χ4v) is 15.5. The van der Waals surface area contributed by atoms with Crippen molar-refractivity contribution in [3.63, 3.8) is 0 Å². The number of carbonyl (C=O) groups excluding carboxylic acids is 7. The molecule has 7 heterocycles. The number of aromatic nitrogens is 2. The molecule has 6 aliphatic rings. The molecule has 27 nitrogen and oxygen atoms in total. The first-order valence-electron chi connectivity index (χ1n) is 30.9. The van der Waals surface area contributed by atoms with E-state index >= 15 is 0 Å². The summed E-state index contributed by atoms with van der Waals surface area (Å²) in [4.78, 5) is 120. The van der Waals surface area contributed by atoms with Crippen LogP contribution in [0.25, 0.3) is 28.1 Å². The number of fused-ring (bicyclic) bond motifs is 10. The minimum atomic E-state index is -4.30. The minimum absolute atomic E-state index is 0.0271. The van der Waals surface area contributed by atoms with Gasteiger partial charge in [-0.2, -0.15) is 5.10 Å². The molecule has 3 aromatic carbocycles. The first-order chi connectivity index (χ1) is 44.3. The molecule has 0 saturated carbocycles. The SMILES string of the molecule is COc1cc2c(cc1-c1cccc(NC(=O)CCC(=O)N(CCOCCOCCC(=O)O)C3CCN(C(=O)CN4CCN5CCN6CCN(CC4)CC(=O)[O][In]([O]C(=O)C6)[O]C(=O)C5)CC3)c1)-c1c(c(C(=O)N3CCOCC3(C)C)nn1-c1cc(Cl)cc(Cl)c1)CO2. The van der Waals surface area contributed by atoms with Crippen LogP contribution in [0.5, 0.6) is 11.5 Å². The third-order valence-electron chi connectivity index (χ3n) is 17.0. The monoisotopic (exact) mass is 1420 g/mol. The van der Waals surface area contributed by atoms with Gasteiger partial charge in [-0.15, -0.1) is 0 Å². The van der Waals surface area contributed by atoms with E-state index in [0.29, 0.717) is 159 Å². The van der Waals surface area contributed by atoms with E-state index in [1.165, 1.54) is 0 Å². The number of rotatable bonds is 20. The molecular formula is C62H77Cl2InN10O17. The zero-order valence-electron chi connectivity index (χ0n) is 51.9. The standard InChI is InChI=1S/C62H80Cl2N10O17.In/c1-62(2)40-90-26-23-73(62)61(86)59-49-39-91-51-34-50(87-3)47(33-48(51)60(49)74(66-59)46-31-42(63)30-43(64)32-46)41-5-4-6-44(29-41)65-52(75)7-8-53(76)72(22-25-89-28-27-88-24-11-55(78)79)45-9-12-71(13-10-45)54(77)35-67-14-16-68(36-56(80)81)18-20-70(38-58(84)85)21-19-69(17-15-67)37-57(82)83;/h4-6,29-34,45H,7-28,35-40H2,1-3H3,(H,65,75)(H,78,79)(H,80,81)(H,82,83)(H,84,85);/q;+3/p-3. The number of amides is 4. The molecule has 10 rings (SSSR count). The van der Waals surface area contributed by atoms with E-state index in [1.54, 1.807) is 69.0 Å². The van der Waals surface area contributed by atoms with Crippen molar-refractivity contribution in [1.29, 1.82) is 0 Å². The van der Waals surface area contributed by atoms with E-state index in [0.717, 1.165) is 0 Å². The summed E-state index contributed by atoms with van der Waals surface area (Å²) in [5.41, 5.74) is 3.67. The van der Waals surface area contributed by atoms with Gasteiger partial charge in [-0.3, -0.25) is 19.2 Å². The number of carbonyl (C=O) groups is 8. The summed E-state index contributed by atoms with van der Waals surface area (Å²) >= 11 is 8.83. The fraction of sp³-hybridized carbons (Fsp3) is 0.532. The van der Waals surface area contributed by atoms with E-state index in [-0.39, 0.29) is 114 Å². The number of methoxy groups -OCH3 is 1. The molecular weight excluding hydrogens is 1340 g/mol. The number of likely N-dealkylation sites (tertiary alicyclic amines) is 1. The van der Waals surface area contributed by atoms with Crippen LogP contribution in [0.4, 0.5) is 5.69 Å². The average molecular weight is 1420 g/mol. The topological polar surface area (TPSA) is 283 Å². The number of benzene rings is 3. The number of halogens is 2. The van der Waals surface area contributed by atoms with Gasteiger partial charge in [0, 0.05) is 70.5 Å². The van der Waals surface area contributed by atoms with Crippen molar-refractivity contribution >= 4 is 99.1 Å². The van der Waals surface area contributed by atoms with Crippen LogP contribution in [0.1, 0.15) is 62.0 Å². The summed E-state index contributed by atoms with van der Waals surface area (Å²) in [5, 5.41) is 17.7. The van der Waals surface area contributed by atoms with Crippen LogP contribution in [0, 0.1) is 0 Å². The minimum Gasteiger partial charge on any atom is -0.488 e. The Hall–Kier alpha value is -6.60. The van der Waals surface area contributed by atoms with Gasteiger partial charge in [-0.1, -0.05) is 35.3 Å². The Morgan fingerprint density at radius 2 is 1.38 bits per heavy atom. The zero-order valence-corrected chi connectivity index (χ0v) is 56.7. The predicted octanol–water partition coefficient (Wildman–Crippen LogP) is 3.57. The van der Waals surface area contributed by atoms with E-state index in [1.807, 2.05) is 45.6 Å². The second-order valence-electron chi connectivity index (χ2n) is 23.9. The van der Waals surface area contributed by atoms with E-state index in [2.05, 4.69) is 5.32 Å². The molecule has 4 amide bonds. The molecule has 494 valence electrons. The van der Waals surface area contributed by atoms with Gasteiger partial charge in [-0.05, 0) is 55.8 Å². The third kappa shape index (κ3) is 17.8. The van der Waals surface area contributed by atoms with Gasteiger partial charge in [-0.25, -0.2) is 4.68 Å². The summed E-state index contributed by atoms with van der Waals surface area (Å²) in [6, 6.07) is 15.6. The molecule has 2 atom stereocenters. The Morgan fingerprint density at radius 1 is 0.750 bits per heavy atom. The molecule has 4 bridgehead atoms. The molecule has 0 radical (unpaired) electrons. The van der Waals surface area contributed by atoms with Gasteiger partial charge >= 0.3 is 209 Å². The molecule has 0 aliphatic carbocycles. The number of carboxylic acids is 1. The van der Waals surface area contributed by atoms with Crippen molar-refractivity contribution < 1.29 is 75.7 Å². The Labute approximate surface area is 552 Å². The number of ether oxygens (including phenoxy) is 5. The normalized spacial score (nSPS) is 20.6. The van der Waals surface area contributed by atoms with Crippen LogP contribution in [-0.2, 0) is 62.9 Å². The van der Waals surface area contributed by atoms with Gasteiger partial charge in [0.1, 0.15) is 18.1 Å². The molecule has 5 fully saturated rings. The first-order valence-corrected chi connectivity index (χ1v) is 35.7. The number of aliphatic carboxylic acids is 1. The van der Waals surface area contributed by atoms with Crippen LogP contribution in [-0.4, -0.2) is 282 Å². The number of piperidine rings is 1. The molecule has 0 spiro atoms. The van der Waals surface area contributed by atoms with Crippen LogP contribution >= 0.6 is 23.2 Å².